The number of carboxylic acid groups (broad SMARTS) is 1. The van der Waals surface area contributed by atoms with E-state index in [0.29, 0.717) is 6.61 Å². The molecule has 0 aliphatic carbocycles. The lowest BCUT2D eigenvalue weighted by Crippen LogP contribution is -2.66. The summed E-state index contributed by atoms with van der Waals surface area (Å²) in [5.41, 5.74) is 2.42. The molecule has 4 unspecified atom stereocenters. The van der Waals surface area contributed by atoms with Gasteiger partial charge in [-0.25, -0.2) is 0 Å². The molecule has 5 rings (SSSR count). The lowest BCUT2D eigenvalue weighted by atomic mass is 9.76. The molecule has 194 valence electrons. The van der Waals surface area contributed by atoms with Gasteiger partial charge < -0.3 is 14.3 Å². The topological polar surface area (TPSA) is 55.8 Å². The van der Waals surface area contributed by atoms with Crippen molar-refractivity contribution in [2.24, 2.45) is 11.8 Å². The molecule has 0 spiro atoms. The van der Waals surface area contributed by atoms with Gasteiger partial charge in [0.15, 0.2) is 0 Å². The van der Waals surface area contributed by atoms with E-state index in [2.05, 4.69) is 106 Å². The number of benzene rings is 3. The molecule has 2 aliphatic heterocycles. The monoisotopic (exact) mass is 514 g/mol. The van der Waals surface area contributed by atoms with Crippen LogP contribution in [0.1, 0.15) is 44.7 Å². The van der Waals surface area contributed by atoms with Crippen LogP contribution in [0.5, 0.6) is 0 Å². The van der Waals surface area contributed by atoms with Gasteiger partial charge in [0, 0.05) is 12.5 Å². The largest absolute Gasteiger partial charge is 0.481 e. The fourth-order valence-electron chi connectivity index (χ4n) is 6.64. The van der Waals surface area contributed by atoms with Crippen LogP contribution in [0, 0.1) is 11.8 Å². The second-order valence-electron chi connectivity index (χ2n) is 11.6. The summed E-state index contributed by atoms with van der Waals surface area (Å²) in [6.45, 7) is 7.54. The first-order chi connectivity index (χ1) is 17.8. The Morgan fingerprint density at radius 2 is 1.49 bits per heavy atom. The quantitative estimate of drug-likeness (QED) is 0.398. The smallest absolute Gasteiger partial charge is 0.309 e. The van der Waals surface area contributed by atoms with Gasteiger partial charge in [-0.1, -0.05) is 106 Å². The third-order valence-electron chi connectivity index (χ3n) is 8.30. The van der Waals surface area contributed by atoms with E-state index in [4.69, 9.17) is 9.16 Å². The van der Waals surface area contributed by atoms with E-state index in [-0.39, 0.29) is 29.1 Å². The molecule has 2 fully saturated rings. The van der Waals surface area contributed by atoms with Crippen LogP contribution in [0.4, 0.5) is 0 Å². The van der Waals surface area contributed by atoms with Crippen LogP contribution in [0.3, 0.4) is 0 Å². The van der Waals surface area contributed by atoms with Crippen LogP contribution in [0.2, 0.25) is 5.04 Å². The zero-order chi connectivity index (χ0) is 26.0. The van der Waals surface area contributed by atoms with Crippen molar-refractivity contribution in [3.8, 4) is 0 Å². The maximum Gasteiger partial charge on any atom is 0.309 e. The molecule has 2 bridgehead atoms. The van der Waals surface area contributed by atoms with Crippen LogP contribution in [0.15, 0.2) is 84.9 Å². The number of ether oxygens (including phenoxy) is 1. The summed E-state index contributed by atoms with van der Waals surface area (Å²) in [7, 11) is -2.56. The first-order valence-electron chi connectivity index (χ1n) is 13.5. The lowest BCUT2D eigenvalue weighted by molar-refractivity contribution is -0.144. The van der Waals surface area contributed by atoms with Crippen molar-refractivity contribution in [2.45, 2.75) is 63.7 Å². The number of fused-ring (bicyclic) bond motifs is 2. The van der Waals surface area contributed by atoms with Gasteiger partial charge in [-0.05, 0) is 52.2 Å². The SMILES string of the molecule is CC(C)(C)[Si](OCCc1cccc(CC2C3CCC(O3)C2C(=O)O)c1)(c1ccccc1)c1ccccc1. The van der Waals surface area contributed by atoms with Gasteiger partial charge in [0.1, 0.15) is 0 Å². The molecule has 3 aromatic carbocycles. The van der Waals surface area contributed by atoms with Crippen LogP contribution in [-0.2, 0) is 26.8 Å². The van der Waals surface area contributed by atoms with Gasteiger partial charge in [0.2, 0.25) is 0 Å². The molecule has 0 radical (unpaired) electrons. The van der Waals surface area contributed by atoms with Crippen LogP contribution in [0.25, 0.3) is 0 Å². The minimum Gasteiger partial charge on any atom is -0.481 e. The van der Waals surface area contributed by atoms with Gasteiger partial charge in [0.25, 0.3) is 8.32 Å². The number of carbonyl (C=O) groups is 1. The molecule has 0 amide bonds. The Bertz CT molecular complexity index is 1160. The maximum absolute atomic E-state index is 11.9. The molecule has 0 saturated carbocycles. The number of hydrogen-bond acceptors (Lipinski definition) is 3. The third-order valence-corrected chi connectivity index (χ3v) is 13.3. The molecule has 2 aliphatic rings. The van der Waals surface area contributed by atoms with Gasteiger partial charge in [-0.15, -0.1) is 0 Å². The van der Waals surface area contributed by atoms with E-state index < -0.39 is 14.3 Å². The highest BCUT2D eigenvalue weighted by Gasteiger charge is 2.52. The highest BCUT2D eigenvalue weighted by molar-refractivity contribution is 6.99. The summed E-state index contributed by atoms with van der Waals surface area (Å²) >= 11 is 0. The molecule has 4 atom stereocenters. The van der Waals surface area contributed by atoms with Crippen molar-refractivity contribution < 1.29 is 19.1 Å². The van der Waals surface area contributed by atoms with Crippen LogP contribution in [-0.4, -0.2) is 38.2 Å². The standard InChI is InChI=1S/C32H38O4Si/c1-32(2,3)37(25-13-6-4-7-14-25,26-15-8-5-9-16-26)35-20-19-23-11-10-12-24(21-23)22-27-28-17-18-29(36-28)30(27)31(33)34/h4-16,21,27-30H,17-20,22H2,1-3H3,(H,33,34). The normalized spacial score (nSPS) is 23.3. The number of carboxylic acids is 1. The van der Waals surface area contributed by atoms with Gasteiger partial charge >= 0.3 is 5.97 Å². The molecule has 2 saturated heterocycles. The zero-order valence-electron chi connectivity index (χ0n) is 22.1. The fraction of sp³-hybridized carbons (Fsp3) is 0.406. The van der Waals surface area contributed by atoms with E-state index in [9.17, 15) is 9.90 Å². The number of rotatable bonds is 9. The average Bonchev–Trinajstić information content (AvgIpc) is 3.49. The Labute approximate surface area is 221 Å². The lowest BCUT2D eigenvalue weighted by Gasteiger charge is -2.43. The molecule has 37 heavy (non-hydrogen) atoms. The number of aliphatic carboxylic acids is 1. The van der Waals surface area contributed by atoms with Gasteiger partial charge in [0.05, 0.1) is 18.1 Å². The molecule has 5 heteroatoms. The Balaban J connectivity index is 1.35. The fourth-order valence-corrected chi connectivity index (χ4v) is 11.2. The molecule has 1 N–H and O–H groups in total. The van der Waals surface area contributed by atoms with Gasteiger partial charge in [-0.2, -0.15) is 0 Å². The van der Waals surface area contributed by atoms with Crippen molar-refractivity contribution in [3.05, 3.63) is 96.1 Å². The minimum atomic E-state index is -2.56. The summed E-state index contributed by atoms with van der Waals surface area (Å²) < 4.78 is 13.1. The van der Waals surface area contributed by atoms with Crippen molar-refractivity contribution in [3.63, 3.8) is 0 Å². The highest BCUT2D eigenvalue weighted by atomic mass is 28.4. The van der Waals surface area contributed by atoms with E-state index >= 15 is 0 Å². The van der Waals surface area contributed by atoms with Crippen molar-refractivity contribution in [1.82, 2.24) is 0 Å². The highest BCUT2D eigenvalue weighted by Crippen LogP contribution is 2.45. The third kappa shape index (κ3) is 5.05. The Hall–Kier alpha value is -2.73. The first kappa shape index (κ1) is 25.9. The number of hydrogen-bond donors (Lipinski definition) is 1. The molecular weight excluding hydrogens is 476 g/mol. The van der Waals surface area contributed by atoms with Crippen LogP contribution >= 0.6 is 0 Å². The average molecular weight is 515 g/mol. The molecule has 3 aromatic rings. The zero-order valence-corrected chi connectivity index (χ0v) is 23.1. The molecule has 2 heterocycles. The van der Waals surface area contributed by atoms with Crippen LogP contribution < -0.4 is 10.4 Å². The summed E-state index contributed by atoms with van der Waals surface area (Å²) in [5, 5.41) is 12.3. The summed E-state index contributed by atoms with van der Waals surface area (Å²) in [6, 6.07) is 30.1. The first-order valence-corrected chi connectivity index (χ1v) is 15.4. The summed E-state index contributed by atoms with van der Waals surface area (Å²) in [4.78, 5) is 11.9. The predicted octanol–water partition coefficient (Wildman–Crippen LogP) is 5.23. The molecule has 0 aromatic heterocycles. The van der Waals surface area contributed by atoms with Crippen molar-refractivity contribution >= 4 is 24.7 Å². The minimum absolute atomic E-state index is 0.0504. The predicted molar refractivity (Wildman–Crippen MR) is 150 cm³/mol. The molecular formula is C32H38O4Si. The van der Waals surface area contributed by atoms with Crippen molar-refractivity contribution in [2.75, 3.05) is 6.61 Å². The van der Waals surface area contributed by atoms with Crippen molar-refractivity contribution in [1.29, 1.82) is 0 Å². The van der Waals surface area contributed by atoms with E-state index in [1.165, 1.54) is 21.5 Å². The van der Waals surface area contributed by atoms with E-state index in [1.54, 1.807) is 0 Å². The molecule has 4 nitrogen and oxygen atoms in total. The summed E-state index contributed by atoms with van der Waals surface area (Å²) in [5.74, 6) is -1.05. The van der Waals surface area contributed by atoms with E-state index in [0.717, 1.165) is 25.7 Å². The van der Waals surface area contributed by atoms with Gasteiger partial charge in [-0.3, -0.25) is 4.79 Å². The maximum atomic E-state index is 11.9. The second kappa shape index (κ2) is 10.6. The Morgan fingerprint density at radius 1 is 0.892 bits per heavy atom. The van der Waals surface area contributed by atoms with E-state index in [1.807, 2.05) is 0 Å². The Morgan fingerprint density at radius 3 is 2.08 bits per heavy atom. The Kier molecular flexibility index (Phi) is 7.39. The second-order valence-corrected chi connectivity index (χ2v) is 15.9. The summed E-state index contributed by atoms with van der Waals surface area (Å²) in [6.07, 6.45) is 3.38.